The largest absolute Gasteiger partial charge is 0.309 e. The van der Waals surface area contributed by atoms with Crippen molar-refractivity contribution in [2.75, 3.05) is 0 Å². The summed E-state index contributed by atoms with van der Waals surface area (Å²) in [5.74, 6) is 0. The number of benzene rings is 6. The van der Waals surface area contributed by atoms with Gasteiger partial charge in [-0.1, -0.05) is 88.7 Å². The molecular formula is C34H20BrNS. The molecule has 8 rings (SSSR count). The first-order chi connectivity index (χ1) is 19.9. The molecule has 0 amide bonds. The Kier molecular flexibility index (Phi) is 3.81. The van der Waals surface area contributed by atoms with E-state index >= 15 is 0 Å². The van der Waals surface area contributed by atoms with Crippen molar-refractivity contribution >= 4 is 80.0 Å². The molecule has 0 bridgehead atoms. The maximum Gasteiger partial charge on any atom is 0.0645 e. The summed E-state index contributed by atoms with van der Waals surface area (Å²) in [6.45, 7) is 0. The van der Waals surface area contributed by atoms with Gasteiger partial charge in [-0.05, 0) is 70.4 Å². The Morgan fingerprint density at radius 3 is 2.27 bits per heavy atom. The Labute approximate surface area is 232 Å². The van der Waals surface area contributed by atoms with Crippen LogP contribution in [0.4, 0.5) is 0 Å². The molecule has 0 aliphatic heterocycles. The third kappa shape index (κ3) is 3.21. The standard InChI is InChI=1S/C34H20BrNS/c35-24-13-16-28-31(20-24)36(30-17-11-22-5-1-2-6-26(22)34(28)30)25-14-9-21(10-15-25)23-12-18-33-29(19-23)27-7-3-4-8-32(27)37-33/h1-20H/i9D,10D,14D,15D. The van der Waals surface area contributed by atoms with Crippen LogP contribution in [0, 0.1) is 0 Å². The summed E-state index contributed by atoms with van der Waals surface area (Å²) in [6, 6.07) is 32.2. The van der Waals surface area contributed by atoms with Crippen LogP contribution in [0.5, 0.6) is 0 Å². The van der Waals surface area contributed by atoms with Gasteiger partial charge in [0.1, 0.15) is 0 Å². The van der Waals surface area contributed by atoms with Crippen LogP contribution in [-0.4, -0.2) is 4.57 Å². The summed E-state index contributed by atoms with van der Waals surface area (Å²) in [4.78, 5) is 0. The highest BCUT2D eigenvalue weighted by Gasteiger charge is 2.15. The molecule has 0 radical (unpaired) electrons. The molecule has 37 heavy (non-hydrogen) atoms. The van der Waals surface area contributed by atoms with Crippen LogP contribution in [0.3, 0.4) is 0 Å². The van der Waals surface area contributed by atoms with E-state index in [2.05, 4.69) is 46.3 Å². The lowest BCUT2D eigenvalue weighted by Crippen LogP contribution is -1.93. The number of fused-ring (bicyclic) bond motifs is 8. The van der Waals surface area contributed by atoms with Gasteiger partial charge in [0.05, 0.1) is 16.5 Å². The van der Waals surface area contributed by atoms with Crippen LogP contribution in [0.15, 0.2) is 126 Å². The first kappa shape index (κ1) is 17.5. The number of halogens is 1. The number of thiophene rings is 1. The molecule has 3 heteroatoms. The summed E-state index contributed by atoms with van der Waals surface area (Å²) < 4.78 is 41.7. The average Bonchev–Trinajstić information content (AvgIpc) is 3.52. The van der Waals surface area contributed by atoms with Gasteiger partial charge in [0, 0.05) is 41.1 Å². The topological polar surface area (TPSA) is 4.93 Å². The Balaban J connectivity index is 1.44. The number of nitrogens with zero attached hydrogens (tertiary/aromatic N) is 1. The minimum absolute atomic E-state index is 0.0503. The van der Waals surface area contributed by atoms with E-state index in [9.17, 15) is 2.74 Å². The van der Waals surface area contributed by atoms with Crippen LogP contribution in [0.1, 0.15) is 5.48 Å². The minimum atomic E-state index is -0.0665. The van der Waals surface area contributed by atoms with Crippen molar-refractivity contribution in [3.05, 3.63) is 126 Å². The van der Waals surface area contributed by atoms with E-state index in [1.54, 1.807) is 11.3 Å². The third-order valence-corrected chi connectivity index (χ3v) is 8.76. The first-order valence-corrected chi connectivity index (χ1v) is 13.7. The molecule has 0 unspecified atom stereocenters. The Morgan fingerprint density at radius 1 is 0.595 bits per heavy atom. The van der Waals surface area contributed by atoms with Gasteiger partial charge in [0.15, 0.2) is 0 Å². The molecule has 0 aliphatic rings. The smallest absolute Gasteiger partial charge is 0.0645 e. The fourth-order valence-corrected chi connectivity index (χ4v) is 6.88. The van der Waals surface area contributed by atoms with Gasteiger partial charge in [-0.15, -0.1) is 11.3 Å². The monoisotopic (exact) mass is 557 g/mol. The second kappa shape index (κ2) is 8.04. The Morgan fingerprint density at radius 2 is 1.38 bits per heavy atom. The maximum absolute atomic E-state index is 9.21. The fraction of sp³-hybridized carbons (Fsp3) is 0. The molecule has 0 aliphatic carbocycles. The Bertz CT molecular complexity index is 2360. The van der Waals surface area contributed by atoms with Gasteiger partial charge in [-0.25, -0.2) is 0 Å². The van der Waals surface area contributed by atoms with Gasteiger partial charge < -0.3 is 4.57 Å². The highest BCUT2D eigenvalue weighted by Crippen LogP contribution is 2.39. The SMILES string of the molecule is [2H]c1c([2H])c(-n2c3cc(Br)ccc3c3c4ccccc4ccc32)c([2H])c([2H])c1-c1ccc2sc3ccccc3c2c1. The zero-order chi connectivity index (χ0) is 28.0. The summed E-state index contributed by atoms with van der Waals surface area (Å²) in [5, 5.41) is 6.40. The molecule has 0 atom stereocenters. The van der Waals surface area contributed by atoms with E-state index in [4.69, 9.17) is 2.74 Å². The van der Waals surface area contributed by atoms with Crippen LogP contribution in [0.2, 0.25) is 0 Å². The molecule has 6 aromatic carbocycles. The highest BCUT2D eigenvalue weighted by atomic mass is 79.9. The van der Waals surface area contributed by atoms with Crippen LogP contribution in [-0.2, 0) is 0 Å². The molecule has 0 fully saturated rings. The van der Waals surface area contributed by atoms with E-state index in [1.807, 2.05) is 71.3 Å². The van der Waals surface area contributed by atoms with Crippen molar-refractivity contribution < 1.29 is 5.48 Å². The van der Waals surface area contributed by atoms with E-state index in [0.717, 1.165) is 52.5 Å². The van der Waals surface area contributed by atoms with E-state index in [0.29, 0.717) is 11.1 Å². The van der Waals surface area contributed by atoms with Crippen LogP contribution in [0.25, 0.3) is 69.6 Å². The van der Waals surface area contributed by atoms with Crippen LogP contribution < -0.4 is 0 Å². The lowest BCUT2D eigenvalue weighted by Gasteiger charge is -2.10. The lowest BCUT2D eigenvalue weighted by atomic mass is 10.0. The molecule has 0 saturated carbocycles. The number of aromatic nitrogens is 1. The summed E-state index contributed by atoms with van der Waals surface area (Å²) in [7, 11) is 0. The molecule has 0 spiro atoms. The molecule has 2 heterocycles. The minimum Gasteiger partial charge on any atom is -0.309 e. The molecule has 0 N–H and O–H groups in total. The van der Waals surface area contributed by atoms with Gasteiger partial charge in [0.25, 0.3) is 0 Å². The van der Waals surface area contributed by atoms with Crippen molar-refractivity contribution in [3.63, 3.8) is 0 Å². The van der Waals surface area contributed by atoms with Crippen molar-refractivity contribution in [1.82, 2.24) is 4.57 Å². The molecule has 174 valence electrons. The van der Waals surface area contributed by atoms with Crippen molar-refractivity contribution in [2.45, 2.75) is 0 Å². The maximum atomic E-state index is 9.21. The zero-order valence-electron chi connectivity index (χ0n) is 23.5. The van der Waals surface area contributed by atoms with E-state index in [1.165, 1.54) is 4.70 Å². The number of rotatable bonds is 2. The van der Waals surface area contributed by atoms with Gasteiger partial charge in [-0.2, -0.15) is 0 Å². The van der Waals surface area contributed by atoms with Crippen molar-refractivity contribution in [2.24, 2.45) is 0 Å². The average molecular weight is 559 g/mol. The molecular weight excluding hydrogens is 534 g/mol. The predicted molar refractivity (Wildman–Crippen MR) is 164 cm³/mol. The second-order valence-corrected chi connectivity index (χ2v) is 11.2. The number of hydrogen-bond acceptors (Lipinski definition) is 1. The summed E-state index contributed by atoms with van der Waals surface area (Å²) >= 11 is 5.32. The van der Waals surface area contributed by atoms with Crippen molar-refractivity contribution in [1.29, 1.82) is 0 Å². The van der Waals surface area contributed by atoms with Gasteiger partial charge in [-0.3, -0.25) is 0 Å². The molecule has 1 nitrogen and oxygen atoms in total. The molecule has 8 aromatic rings. The lowest BCUT2D eigenvalue weighted by molar-refractivity contribution is 1.18. The fourth-order valence-electron chi connectivity index (χ4n) is 5.44. The molecule has 2 aromatic heterocycles. The molecule has 0 saturated heterocycles. The Hall–Kier alpha value is -3.92. The van der Waals surface area contributed by atoms with E-state index < -0.39 is 0 Å². The normalized spacial score (nSPS) is 13.4. The quantitative estimate of drug-likeness (QED) is 0.199. The summed E-state index contributed by atoms with van der Waals surface area (Å²) in [5.41, 5.74) is 2.91. The predicted octanol–water partition coefficient (Wildman–Crippen LogP) is 10.7. The van der Waals surface area contributed by atoms with E-state index in [-0.39, 0.29) is 29.9 Å². The van der Waals surface area contributed by atoms with Gasteiger partial charge in [0.2, 0.25) is 0 Å². The van der Waals surface area contributed by atoms with Gasteiger partial charge >= 0.3 is 0 Å². The summed E-state index contributed by atoms with van der Waals surface area (Å²) in [6.07, 6.45) is 0. The van der Waals surface area contributed by atoms with Crippen molar-refractivity contribution in [3.8, 4) is 16.8 Å². The third-order valence-electron chi connectivity index (χ3n) is 7.12. The van der Waals surface area contributed by atoms with Crippen LogP contribution >= 0.6 is 27.3 Å². The zero-order valence-corrected chi connectivity index (χ0v) is 21.9. The first-order valence-electron chi connectivity index (χ1n) is 14.1. The number of hydrogen-bond donors (Lipinski definition) is 0. The highest BCUT2D eigenvalue weighted by molar-refractivity contribution is 9.10. The second-order valence-electron chi connectivity index (χ2n) is 9.21.